The quantitative estimate of drug-likeness (QED) is 0.314. The van der Waals surface area contributed by atoms with Crippen molar-refractivity contribution >= 4 is 12.1 Å². The highest BCUT2D eigenvalue weighted by Gasteiger charge is 1.96. The first-order valence-electron chi connectivity index (χ1n) is 5.94. The van der Waals surface area contributed by atoms with Crippen LogP contribution in [0.3, 0.4) is 0 Å². The van der Waals surface area contributed by atoms with Crippen molar-refractivity contribution in [3.63, 3.8) is 0 Å². The van der Waals surface area contributed by atoms with Gasteiger partial charge in [0.15, 0.2) is 5.78 Å². The third-order valence-corrected chi connectivity index (χ3v) is 2.28. The lowest BCUT2D eigenvalue weighted by Gasteiger charge is -1.97. The monoisotopic (exact) mass is 210 g/mol. The Kier molecular flexibility index (Phi) is 10.5. The lowest BCUT2D eigenvalue weighted by Crippen LogP contribution is -1.92. The van der Waals surface area contributed by atoms with Gasteiger partial charge in [-0.3, -0.25) is 4.79 Å². The molecular formula is C13H22O2. The molecule has 0 radical (unpaired) electrons. The van der Waals surface area contributed by atoms with Gasteiger partial charge in [-0.25, -0.2) is 0 Å². The highest BCUT2D eigenvalue weighted by atomic mass is 16.1. The van der Waals surface area contributed by atoms with Crippen LogP contribution in [0.15, 0.2) is 12.2 Å². The predicted molar refractivity (Wildman–Crippen MR) is 62.8 cm³/mol. The van der Waals surface area contributed by atoms with E-state index in [1.807, 2.05) is 0 Å². The number of unbranched alkanes of at least 4 members (excludes halogenated alkanes) is 5. The Morgan fingerprint density at radius 2 is 1.80 bits per heavy atom. The van der Waals surface area contributed by atoms with E-state index < -0.39 is 0 Å². The van der Waals surface area contributed by atoms with E-state index in [2.05, 4.69) is 6.92 Å². The van der Waals surface area contributed by atoms with Gasteiger partial charge in [0.05, 0.1) is 0 Å². The molecule has 0 saturated carbocycles. The first-order valence-corrected chi connectivity index (χ1v) is 5.94. The van der Waals surface area contributed by atoms with Gasteiger partial charge in [-0.2, -0.15) is 0 Å². The number of carbonyl (C=O) groups excluding carboxylic acids is 2. The summed E-state index contributed by atoms with van der Waals surface area (Å²) in [7, 11) is 0. The van der Waals surface area contributed by atoms with Gasteiger partial charge >= 0.3 is 0 Å². The van der Waals surface area contributed by atoms with Crippen LogP contribution >= 0.6 is 0 Å². The summed E-state index contributed by atoms with van der Waals surface area (Å²) >= 11 is 0. The zero-order valence-electron chi connectivity index (χ0n) is 9.71. The van der Waals surface area contributed by atoms with Gasteiger partial charge in [-0.05, 0) is 18.9 Å². The summed E-state index contributed by atoms with van der Waals surface area (Å²) in [4.78, 5) is 21.3. The highest BCUT2D eigenvalue weighted by molar-refractivity contribution is 5.89. The van der Waals surface area contributed by atoms with Crippen LogP contribution in [-0.4, -0.2) is 12.1 Å². The Balaban J connectivity index is 3.32. The SMILES string of the molecule is CCCCCCCC(=O)/C=C/CCC=O. The fourth-order valence-electron chi connectivity index (χ4n) is 1.37. The molecule has 0 aromatic heterocycles. The van der Waals surface area contributed by atoms with Crippen molar-refractivity contribution in [2.45, 2.75) is 58.3 Å². The van der Waals surface area contributed by atoms with Crippen LogP contribution < -0.4 is 0 Å². The summed E-state index contributed by atoms with van der Waals surface area (Å²) in [6.07, 6.45) is 12.0. The maximum atomic E-state index is 11.3. The minimum atomic E-state index is 0.192. The Bertz CT molecular complexity index is 195. The van der Waals surface area contributed by atoms with Crippen LogP contribution in [0.1, 0.15) is 58.3 Å². The van der Waals surface area contributed by atoms with Gasteiger partial charge in [0.2, 0.25) is 0 Å². The first-order chi connectivity index (χ1) is 7.31. The van der Waals surface area contributed by atoms with Crippen molar-refractivity contribution in [3.8, 4) is 0 Å². The summed E-state index contributed by atoms with van der Waals surface area (Å²) in [6, 6.07) is 0. The number of ketones is 1. The molecule has 0 atom stereocenters. The van der Waals surface area contributed by atoms with E-state index >= 15 is 0 Å². The number of carbonyl (C=O) groups is 2. The van der Waals surface area contributed by atoms with Crippen molar-refractivity contribution in [1.29, 1.82) is 0 Å². The van der Waals surface area contributed by atoms with E-state index in [0.29, 0.717) is 19.3 Å². The Morgan fingerprint density at radius 1 is 1.07 bits per heavy atom. The van der Waals surface area contributed by atoms with E-state index in [9.17, 15) is 9.59 Å². The molecule has 0 heterocycles. The summed E-state index contributed by atoms with van der Waals surface area (Å²) in [5.41, 5.74) is 0. The maximum Gasteiger partial charge on any atom is 0.155 e. The molecule has 86 valence electrons. The van der Waals surface area contributed by atoms with Crippen LogP contribution in [0.25, 0.3) is 0 Å². The molecule has 0 saturated heterocycles. The summed E-state index contributed by atoms with van der Waals surface area (Å²) in [5.74, 6) is 0.192. The second-order valence-corrected chi connectivity index (χ2v) is 3.78. The lowest BCUT2D eigenvalue weighted by molar-refractivity contribution is -0.114. The van der Waals surface area contributed by atoms with Crippen molar-refractivity contribution in [3.05, 3.63) is 12.2 Å². The number of allylic oxidation sites excluding steroid dienone is 2. The zero-order valence-corrected chi connectivity index (χ0v) is 9.71. The molecule has 0 spiro atoms. The van der Waals surface area contributed by atoms with Gasteiger partial charge < -0.3 is 4.79 Å². The fourth-order valence-corrected chi connectivity index (χ4v) is 1.37. The standard InChI is InChI=1S/C13H22O2/c1-2-3-4-5-7-10-13(15)11-8-6-9-12-14/h8,11-12H,2-7,9-10H2,1H3/b11-8+. The molecule has 2 heteroatoms. The topological polar surface area (TPSA) is 34.1 Å². The second kappa shape index (κ2) is 11.2. The third kappa shape index (κ3) is 11.0. The predicted octanol–water partition coefficient (Wildman–Crippen LogP) is 3.45. The molecule has 0 amide bonds. The molecule has 0 aromatic carbocycles. The van der Waals surface area contributed by atoms with E-state index in [-0.39, 0.29) is 5.78 Å². The average molecular weight is 210 g/mol. The number of aldehydes is 1. The maximum absolute atomic E-state index is 11.3. The van der Waals surface area contributed by atoms with Gasteiger partial charge in [-0.1, -0.05) is 38.7 Å². The van der Waals surface area contributed by atoms with E-state index in [0.717, 1.165) is 19.1 Å². The normalized spacial score (nSPS) is 10.7. The van der Waals surface area contributed by atoms with Gasteiger partial charge in [0, 0.05) is 12.8 Å². The Labute approximate surface area is 92.8 Å². The van der Waals surface area contributed by atoms with Crippen LogP contribution in [0.5, 0.6) is 0 Å². The minimum Gasteiger partial charge on any atom is -0.303 e. The Hall–Kier alpha value is -0.920. The number of hydrogen-bond acceptors (Lipinski definition) is 2. The van der Waals surface area contributed by atoms with Crippen molar-refractivity contribution in [1.82, 2.24) is 0 Å². The molecule has 0 bridgehead atoms. The number of hydrogen-bond donors (Lipinski definition) is 0. The third-order valence-electron chi connectivity index (χ3n) is 2.28. The Morgan fingerprint density at radius 3 is 2.47 bits per heavy atom. The fraction of sp³-hybridized carbons (Fsp3) is 0.692. The van der Waals surface area contributed by atoms with Crippen molar-refractivity contribution in [2.75, 3.05) is 0 Å². The zero-order chi connectivity index (χ0) is 11.4. The van der Waals surface area contributed by atoms with E-state index in [1.54, 1.807) is 12.2 Å². The molecule has 2 nitrogen and oxygen atoms in total. The molecule has 15 heavy (non-hydrogen) atoms. The summed E-state index contributed by atoms with van der Waals surface area (Å²) in [5, 5.41) is 0. The highest BCUT2D eigenvalue weighted by Crippen LogP contribution is 2.05. The molecule has 0 fully saturated rings. The van der Waals surface area contributed by atoms with Crippen LogP contribution in [0.2, 0.25) is 0 Å². The molecular weight excluding hydrogens is 188 g/mol. The average Bonchev–Trinajstić information content (AvgIpc) is 2.24. The largest absolute Gasteiger partial charge is 0.303 e. The first kappa shape index (κ1) is 14.1. The van der Waals surface area contributed by atoms with Crippen molar-refractivity contribution < 1.29 is 9.59 Å². The molecule has 0 unspecified atom stereocenters. The molecule has 0 rings (SSSR count). The van der Waals surface area contributed by atoms with Gasteiger partial charge in [-0.15, -0.1) is 0 Å². The van der Waals surface area contributed by atoms with Crippen LogP contribution in [-0.2, 0) is 9.59 Å². The summed E-state index contributed by atoms with van der Waals surface area (Å²) in [6.45, 7) is 2.18. The number of rotatable bonds is 10. The molecule has 0 aliphatic carbocycles. The second-order valence-electron chi connectivity index (χ2n) is 3.78. The minimum absolute atomic E-state index is 0.192. The lowest BCUT2D eigenvalue weighted by atomic mass is 10.1. The van der Waals surface area contributed by atoms with Gasteiger partial charge in [0.1, 0.15) is 6.29 Å². The molecule has 0 aliphatic heterocycles. The van der Waals surface area contributed by atoms with E-state index in [4.69, 9.17) is 0 Å². The molecule has 0 N–H and O–H groups in total. The van der Waals surface area contributed by atoms with E-state index in [1.165, 1.54) is 19.3 Å². The van der Waals surface area contributed by atoms with Crippen LogP contribution in [0, 0.1) is 0 Å². The summed E-state index contributed by atoms with van der Waals surface area (Å²) < 4.78 is 0. The van der Waals surface area contributed by atoms with Gasteiger partial charge in [0.25, 0.3) is 0 Å². The smallest absolute Gasteiger partial charge is 0.155 e. The molecule has 0 aromatic rings. The van der Waals surface area contributed by atoms with Crippen molar-refractivity contribution in [2.24, 2.45) is 0 Å². The molecule has 0 aliphatic rings. The van der Waals surface area contributed by atoms with Crippen LogP contribution in [0.4, 0.5) is 0 Å².